The third-order valence-electron chi connectivity index (χ3n) is 3.44. The van der Waals surface area contributed by atoms with Gasteiger partial charge in [0.05, 0.1) is 7.11 Å². The van der Waals surface area contributed by atoms with Crippen molar-refractivity contribution < 1.29 is 19.1 Å². The lowest BCUT2D eigenvalue weighted by molar-refractivity contribution is -0.145. The van der Waals surface area contributed by atoms with Gasteiger partial charge in [0, 0.05) is 16.4 Å². The van der Waals surface area contributed by atoms with Crippen molar-refractivity contribution in [3.63, 3.8) is 0 Å². The minimum Gasteiger partial charge on any atom is -0.467 e. The zero-order chi connectivity index (χ0) is 16.1. The number of carbonyl (C=O) groups excluding carboxylic acids is 3. The van der Waals surface area contributed by atoms with Gasteiger partial charge in [-0.15, -0.1) is 0 Å². The molecule has 6 nitrogen and oxygen atoms in total. The summed E-state index contributed by atoms with van der Waals surface area (Å²) in [4.78, 5) is 35.2. The molecule has 22 heavy (non-hydrogen) atoms. The van der Waals surface area contributed by atoms with Crippen LogP contribution in [0.2, 0.25) is 0 Å². The topological polar surface area (TPSA) is 84.5 Å². The summed E-state index contributed by atoms with van der Waals surface area (Å²) < 4.78 is 5.81. The standard InChI is InChI=1S/C15H17IN2O4/c1-22-15(21)12(8-9-3-2-4-10(16)7-9)18-14(20)11-5-6-13(19)17-11/h2-4,7,11-12H,5-6,8H2,1H3,(H,17,19)(H,18,20)/t11-,12-/m0/s1. The molecule has 0 radical (unpaired) electrons. The van der Waals surface area contributed by atoms with Crippen molar-refractivity contribution in [3.8, 4) is 0 Å². The van der Waals surface area contributed by atoms with Gasteiger partial charge >= 0.3 is 5.97 Å². The van der Waals surface area contributed by atoms with E-state index in [1.54, 1.807) is 0 Å². The quantitative estimate of drug-likeness (QED) is 0.549. The molecule has 1 aliphatic heterocycles. The zero-order valence-corrected chi connectivity index (χ0v) is 14.3. The number of halogens is 1. The van der Waals surface area contributed by atoms with Gasteiger partial charge in [0.2, 0.25) is 11.8 Å². The maximum atomic E-state index is 12.1. The van der Waals surface area contributed by atoms with Gasteiger partial charge in [0.25, 0.3) is 0 Å². The van der Waals surface area contributed by atoms with Gasteiger partial charge in [-0.2, -0.15) is 0 Å². The van der Waals surface area contributed by atoms with Crippen LogP contribution in [0.4, 0.5) is 0 Å². The number of amides is 2. The van der Waals surface area contributed by atoms with Crippen LogP contribution >= 0.6 is 22.6 Å². The van der Waals surface area contributed by atoms with Crippen molar-refractivity contribution in [3.05, 3.63) is 33.4 Å². The number of benzene rings is 1. The van der Waals surface area contributed by atoms with Gasteiger partial charge in [0.1, 0.15) is 12.1 Å². The van der Waals surface area contributed by atoms with Crippen molar-refractivity contribution in [2.75, 3.05) is 7.11 Å². The van der Waals surface area contributed by atoms with Crippen LogP contribution in [0, 0.1) is 3.57 Å². The Kier molecular flexibility index (Phi) is 5.76. The van der Waals surface area contributed by atoms with E-state index in [1.807, 2.05) is 24.3 Å². The predicted octanol–water partition coefficient (Wildman–Crippen LogP) is 0.770. The Morgan fingerprint density at radius 3 is 2.86 bits per heavy atom. The van der Waals surface area contributed by atoms with Gasteiger partial charge in [-0.1, -0.05) is 12.1 Å². The molecular weight excluding hydrogens is 399 g/mol. The van der Waals surface area contributed by atoms with E-state index in [1.165, 1.54) is 7.11 Å². The summed E-state index contributed by atoms with van der Waals surface area (Å²) in [6.45, 7) is 0. The Morgan fingerprint density at radius 1 is 1.50 bits per heavy atom. The Labute approximate surface area is 142 Å². The third kappa shape index (κ3) is 4.43. The summed E-state index contributed by atoms with van der Waals surface area (Å²) in [6, 6.07) is 6.33. The molecule has 1 aromatic carbocycles. The molecule has 0 saturated carbocycles. The maximum Gasteiger partial charge on any atom is 0.328 e. The van der Waals surface area contributed by atoms with Gasteiger partial charge in [-0.05, 0) is 46.7 Å². The van der Waals surface area contributed by atoms with E-state index in [0.717, 1.165) is 9.13 Å². The second-order valence-corrected chi connectivity index (χ2v) is 6.32. The fraction of sp³-hybridized carbons (Fsp3) is 0.400. The molecule has 1 fully saturated rings. The zero-order valence-electron chi connectivity index (χ0n) is 12.1. The third-order valence-corrected chi connectivity index (χ3v) is 4.11. The molecule has 0 aromatic heterocycles. The monoisotopic (exact) mass is 416 g/mol. The fourth-order valence-corrected chi connectivity index (χ4v) is 2.93. The van der Waals surface area contributed by atoms with Crippen molar-refractivity contribution in [2.45, 2.75) is 31.3 Å². The Morgan fingerprint density at radius 2 is 2.27 bits per heavy atom. The van der Waals surface area contributed by atoms with Gasteiger partial charge in [-0.25, -0.2) is 4.79 Å². The summed E-state index contributed by atoms with van der Waals surface area (Å²) >= 11 is 2.19. The van der Waals surface area contributed by atoms with Crippen LogP contribution < -0.4 is 10.6 Å². The summed E-state index contributed by atoms with van der Waals surface area (Å²) in [5.74, 6) is -1.00. The lowest BCUT2D eigenvalue weighted by atomic mass is 10.1. The second-order valence-electron chi connectivity index (χ2n) is 5.08. The number of methoxy groups -OCH3 is 1. The number of carbonyl (C=O) groups is 3. The van der Waals surface area contributed by atoms with Crippen molar-refractivity contribution >= 4 is 40.4 Å². The molecule has 1 aromatic rings. The number of hydrogen-bond donors (Lipinski definition) is 2. The minimum atomic E-state index is -0.770. The molecule has 1 heterocycles. The normalized spacial score (nSPS) is 18.5. The van der Waals surface area contributed by atoms with Crippen molar-refractivity contribution in [1.82, 2.24) is 10.6 Å². The average molecular weight is 416 g/mol. The van der Waals surface area contributed by atoms with Crippen LogP contribution in [0.3, 0.4) is 0 Å². The molecule has 0 aliphatic carbocycles. The summed E-state index contributed by atoms with van der Waals surface area (Å²) in [6.07, 6.45) is 1.12. The molecule has 2 rings (SSSR count). The lowest BCUT2D eigenvalue weighted by Gasteiger charge is -2.19. The summed E-state index contributed by atoms with van der Waals surface area (Å²) in [7, 11) is 1.29. The van der Waals surface area contributed by atoms with E-state index in [9.17, 15) is 14.4 Å². The molecule has 1 saturated heterocycles. The van der Waals surface area contributed by atoms with Gasteiger partial charge in [-0.3, -0.25) is 9.59 Å². The highest BCUT2D eigenvalue weighted by atomic mass is 127. The minimum absolute atomic E-state index is 0.146. The van der Waals surface area contributed by atoms with Crippen molar-refractivity contribution in [2.24, 2.45) is 0 Å². The average Bonchev–Trinajstić information content (AvgIpc) is 2.92. The van der Waals surface area contributed by atoms with Crippen molar-refractivity contribution in [1.29, 1.82) is 0 Å². The van der Waals surface area contributed by atoms with Crippen LogP contribution in [0.5, 0.6) is 0 Å². The van der Waals surface area contributed by atoms with Gasteiger partial charge < -0.3 is 15.4 Å². The lowest BCUT2D eigenvalue weighted by Crippen LogP contribution is -2.50. The van der Waals surface area contributed by atoms with Crippen LogP contribution in [-0.2, 0) is 25.5 Å². The first-order chi connectivity index (χ1) is 10.5. The van der Waals surface area contributed by atoms with E-state index in [-0.39, 0.29) is 11.8 Å². The highest BCUT2D eigenvalue weighted by molar-refractivity contribution is 14.1. The van der Waals surface area contributed by atoms with Gasteiger partial charge in [0.15, 0.2) is 0 Å². The van der Waals surface area contributed by atoms with Crippen LogP contribution in [0.15, 0.2) is 24.3 Å². The Bertz CT molecular complexity index is 591. The molecule has 2 amide bonds. The van der Waals surface area contributed by atoms with E-state index < -0.39 is 18.1 Å². The molecule has 0 unspecified atom stereocenters. The SMILES string of the molecule is COC(=O)[C@H](Cc1cccc(I)c1)NC(=O)[C@@H]1CCC(=O)N1. The molecular formula is C15H17IN2O4. The highest BCUT2D eigenvalue weighted by Crippen LogP contribution is 2.12. The van der Waals surface area contributed by atoms with E-state index in [4.69, 9.17) is 4.74 Å². The Hall–Kier alpha value is -1.64. The first-order valence-electron chi connectivity index (χ1n) is 6.91. The molecule has 118 valence electrons. The maximum absolute atomic E-state index is 12.1. The van der Waals surface area contributed by atoms with Crippen LogP contribution in [0.25, 0.3) is 0 Å². The second kappa shape index (κ2) is 7.57. The fourth-order valence-electron chi connectivity index (χ4n) is 2.32. The molecule has 0 bridgehead atoms. The number of esters is 1. The number of hydrogen-bond acceptors (Lipinski definition) is 4. The smallest absolute Gasteiger partial charge is 0.328 e. The number of nitrogens with one attached hydrogen (secondary N) is 2. The van der Waals surface area contributed by atoms with Crippen LogP contribution in [0.1, 0.15) is 18.4 Å². The van der Waals surface area contributed by atoms with E-state index in [0.29, 0.717) is 19.3 Å². The predicted molar refractivity (Wildman–Crippen MR) is 88.0 cm³/mol. The summed E-state index contributed by atoms with van der Waals surface area (Å²) in [5.41, 5.74) is 0.929. The first-order valence-corrected chi connectivity index (χ1v) is 7.99. The van der Waals surface area contributed by atoms with E-state index in [2.05, 4.69) is 33.2 Å². The summed E-state index contributed by atoms with van der Waals surface area (Å²) in [5, 5.41) is 5.25. The number of rotatable bonds is 5. The molecule has 2 atom stereocenters. The largest absolute Gasteiger partial charge is 0.467 e. The first kappa shape index (κ1) is 16.7. The Balaban J connectivity index is 2.04. The molecule has 1 aliphatic rings. The number of ether oxygens (including phenoxy) is 1. The molecule has 0 spiro atoms. The van der Waals surface area contributed by atoms with E-state index >= 15 is 0 Å². The highest BCUT2D eigenvalue weighted by Gasteiger charge is 2.30. The van der Waals surface area contributed by atoms with Crippen LogP contribution in [-0.4, -0.2) is 37.0 Å². The molecule has 7 heteroatoms. The molecule has 2 N–H and O–H groups in total.